The number of likely N-dealkylation sites (tertiary alicyclic amines) is 1. The lowest BCUT2D eigenvalue weighted by atomic mass is 9.97. The number of carbonyl (C=O) groups is 1. The van der Waals surface area contributed by atoms with Gasteiger partial charge in [0.2, 0.25) is 0 Å². The SMILES string of the molecule is CC(C)N1CCCC(CNC(=O)c2cccc3oc(=O)[nH]c23)C1. The van der Waals surface area contributed by atoms with Crippen LogP contribution in [-0.2, 0) is 0 Å². The van der Waals surface area contributed by atoms with E-state index in [9.17, 15) is 9.59 Å². The molecular formula is C17H23N3O3. The summed E-state index contributed by atoms with van der Waals surface area (Å²) in [5, 5.41) is 3.00. The largest absolute Gasteiger partial charge is 0.417 e. The van der Waals surface area contributed by atoms with Crippen LogP contribution in [0.2, 0.25) is 0 Å². The lowest BCUT2D eigenvalue weighted by Crippen LogP contribution is -2.43. The molecule has 6 nitrogen and oxygen atoms in total. The first-order valence-corrected chi connectivity index (χ1v) is 8.18. The minimum atomic E-state index is -0.542. The number of H-pyrrole nitrogens is 1. The van der Waals surface area contributed by atoms with Crippen LogP contribution in [0.5, 0.6) is 0 Å². The van der Waals surface area contributed by atoms with Crippen LogP contribution in [-0.4, -0.2) is 41.5 Å². The highest BCUT2D eigenvalue weighted by Gasteiger charge is 2.22. The van der Waals surface area contributed by atoms with Gasteiger partial charge in [0.1, 0.15) is 0 Å². The molecule has 1 fully saturated rings. The van der Waals surface area contributed by atoms with E-state index < -0.39 is 5.76 Å². The summed E-state index contributed by atoms with van der Waals surface area (Å²) in [6.07, 6.45) is 2.31. The molecule has 1 atom stereocenters. The predicted octanol–water partition coefficient (Wildman–Crippen LogP) is 1.97. The Balaban J connectivity index is 1.66. The van der Waals surface area contributed by atoms with E-state index in [4.69, 9.17) is 4.42 Å². The Morgan fingerprint density at radius 2 is 2.30 bits per heavy atom. The van der Waals surface area contributed by atoms with Gasteiger partial charge < -0.3 is 14.6 Å². The fraction of sp³-hybridized carbons (Fsp3) is 0.529. The number of piperidine rings is 1. The van der Waals surface area contributed by atoms with Gasteiger partial charge in [-0.2, -0.15) is 0 Å². The van der Waals surface area contributed by atoms with Crippen LogP contribution in [0.4, 0.5) is 0 Å². The maximum absolute atomic E-state index is 12.4. The number of amides is 1. The van der Waals surface area contributed by atoms with Crippen molar-refractivity contribution < 1.29 is 9.21 Å². The maximum Gasteiger partial charge on any atom is 0.417 e. The van der Waals surface area contributed by atoms with Crippen molar-refractivity contribution in [2.45, 2.75) is 32.7 Å². The van der Waals surface area contributed by atoms with Crippen molar-refractivity contribution in [2.24, 2.45) is 5.92 Å². The first kappa shape index (κ1) is 15.8. The third kappa shape index (κ3) is 3.47. The highest BCUT2D eigenvalue weighted by Crippen LogP contribution is 2.19. The lowest BCUT2D eigenvalue weighted by Gasteiger charge is -2.35. The molecule has 2 N–H and O–H groups in total. The number of hydrogen-bond donors (Lipinski definition) is 2. The standard InChI is InChI=1S/C17H23N3O3/c1-11(2)20-8-4-5-12(10-20)9-18-16(21)13-6-3-7-14-15(13)19-17(22)23-14/h3,6-7,11-12H,4-5,8-10H2,1-2H3,(H,18,21)(H,19,22). The molecule has 0 spiro atoms. The summed E-state index contributed by atoms with van der Waals surface area (Å²) in [5.74, 6) is -0.243. The molecule has 2 heterocycles. The van der Waals surface area contributed by atoms with Crippen LogP contribution in [0.1, 0.15) is 37.0 Å². The second kappa shape index (κ2) is 6.58. The molecule has 0 saturated carbocycles. The van der Waals surface area contributed by atoms with E-state index in [1.165, 1.54) is 6.42 Å². The van der Waals surface area contributed by atoms with Gasteiger partial charge in [0.05, 0.1) is 11.1 Å². The molecule has 1 unspecified atom stereocenters. The van der Waals surface area contributed by atoms with Crippen molar-refractivity contribution in [1.29, 1.82) is 0 Å². The Bertz CT molecular complexity index is 747. The molecule has 1 saturated heterocycles. The quantitative estimate of drug-likeness (QED) is 0.904. The van der Waals surface area contributed by atoms with Crippen molar-refractivity contribution in [3.8, 4) is 0 Å². The van der Waals surface area contributed by atoms with Crippen molar-refractivity contribution in [3.63, 3.8) is 0 Å². The second-order valence-corrected chi connectivity index (χ2v) is 6.50. The Labute approximate surface area is 134 Å². The zero-order valence-corrected chi connectivity index (χ0v) is 13.6. The normalized spacial score (nSPS) is 19.3. The minimum absolute atomic E-state index is 0.172. The van der Waals surface area contributed by atoms with Gasteiger partial charge in [-0.3, -0.25) is 9.78 Å². The highest BCUT2D eigenvalue weighted by molar-refractivity contribution is 6.04. The zero-order valence-electron chi connectivity index (χ0n) is 13.6. The third-order valence-corrected chi connectivity index (χ3v) is 4.53. The fourth-order valence-corrected chi connectivity index (χ4v) is 3.23. The van der Waals surface area contributed by atoms with Gasteiger partial charge in [-0.25, -0.2) is 4.79 Å². The molecule has 0 radical (unpaired) electrons. The zero-order chi connectivity index (χ0) is 16.4. The fourth-order valence-electron chi connectivity index (χ4n) is 3.23. The van der Waals surface area contributed by atoms with E-state index in [-0.39, 0.29) is 5.91 Å². The van der Waals surface area contributed by atoms with Crippen LogP contribution in [0.3, 0.4) is 0 Å². The summed E-state index contributed by atoms with van der Waals surface area (Å²) in [5.41, 5.74) is 1.32. The average molecular weight is 317 g/mol. The van der Waals surface area contributed by atoms with Crippen molar-refractivity contribution in [1.82, 2.24) is 15.2 Å². The topological polar surface area (TPSA) is 78.3 Å². The van der Waals surface area contributed by atoms with Gasteiger partial charge in [-0.1, -0.05) is 6.07 Å². The molecule has 0 aliphatic carbocycles. The number of fused-ring (bicyclic) bond motifs is 1. The van der Waals surface area contributed by atoms with Gasteiger partial charge in [-0.05, 0) is 51.3 Å². The van der Waals surface area contributed by atoms with Crippen LogP contribution in [0, 0.1) is 5.92 Å². The Kier molecular flexibility index (Phi) is 4.52. The Morgan fingerprint density at radius 3 is 3.09 bits per heavy atom. The molecule has 1 aliphatic heterocycles. The number of aromatic amines is 1. The summed E-state index contributed by atoms with van der Waals surface area (Å²) >= 11 is 0. The lowest BCUT2D eigenvalue weighted by molar-refractivity contribution is 0.0924. The number of nitrogens with one attached hydrogen (secondary N) is 2. The number of oxazole rings is 1. The molecule has 6 heteroatoms. The molecule has 124 valence electrons. The summed E-state index contributed by atoms with van der Waals surface area (Å²) in [7, 11) is 0. The molecular weight excluding hydrogens is 294 g/mol. The van der Waals surface area contributed by atoms with Crippen LogP contribution >= 0.6 is 0 Å². The van der Waals surface area contributed by atoms with Gasteiger partial charge in [0.15, 0.2) is 5.58 Å². The summed E-state index contributed by atoms with van der Waals surface area (Å²) < 4.78 is 5.00. The number of rotatable bonds is 4. The number of aromatic nitrogens is 1. The van der Waals surface area contributed by atoms with E-state index in [2.05, 4.69) is 29.0 Å². The molecule has 1 aromatic heterocycles. The monoisotopic (exact) mass is 317 g/mol. The van der Waals surface area contributed by atoms with Crippen LogP contribution < -0.4 is 11.1 Å². The summed E-state index contributed by atoms with van der Waals surface area (Å²) in [6.45, 7) is 7.22. The maximum atomic E-state index is 12.4. The highest BCUT2D eigenvalue weighted by atomic mass is 16.4. The molecule has 2 aromatic rings. The van der Waals surface area contributed by atoms with E-state index >= 15 is 0 Å². The Morgan fingerprint density at radius 1 is 1.48 bits per heavy atom. The molecule has 1 amide bonds. The van der Waals surface area contributed by atoms with E-state index in [0.29, 0.717) is 35.2 Å². The number of para-hydroxylation sites is 1. The van der Waals surface area contributed by atoms with Crippen LogP contribution in [0.15, 0.2) is 27.4 Å². The summed E-state index contributed by atoms with van der Waals surface area (Å²) in [4.78, 5) is 28.8. The van der Waals surface area contributed by atoms with Crippen molar-refractivity contribution in [2.75, 3.05) is 19.6 Å². The second-order valence-electron chi connectivity index (χ2n) is 6.50. The predicted molar refractivity (Wildman–Crippen MR) is 88.6 cm³/mol. The number of carbonyl (C=O) groups excluding carboxylic acids is 1. The van der Waals surface area contributed by atoms with Gasteiger partial charge in [-0.15, -0.1) is 0 Å². The molecule has 1 aliphatic rings. The van der Waals surface area contributed by atoms with E-state index in [1.807, 2.05) is 0 Å². The molecule has 1 aromatic carbocycles. The first-order valence-electron chi connectivity index (χ1n) is 8.18. The molecule has 3 rings (SSSR count). The summed E-state index contributed by atoms with van der Waals surface area (Å²) in [6, 6.07) is 5.63. The van der Waals surface area contributed by atoms with E-state index in [0.717, 1.165) is 19.5 Å². The molecule has 23 heavy (non-hydrogen) atoms. The van der Waals surface area contributed by atoms with Crippen molar-refractivity contribution in [3.05, 3.63) is 34.3 Å². The van der Waals surface area contributed by atoms with Gasteiger partial charge in [0.25, 0.3) is 5.91 Å². The van der Waals surface area contributed by atoms with Gasteiger partial charge in [0, 0.05) is 19.1 Å². The number of hydrogen-bond acceptors (Lipinski definition) is 4. The number of benzene rings is 1. The average Bonchev–Trinajstić information content (AvgIpc) is 2.92. The molecule has 0 bridgehead atoms. The first-order chi connectivity index (χ1) is 11.0. The third-order valence-electron chi connectivity index (χ3n) is 4.53. The Hall–Kier alpha value is -2.08. The number of nitrogens with zero attached hydrogens (tertiary/aromatic N) is 1. The van der Waals surface area contributed by atoms with Gasteiger partial charge >= 0.3 is 5.76 Å². The van der Waals surface area contributed by atoms with Crippen LogP contribution in [0.25, 0.3) is 11.1 Å². The smallest absolute Gasteiger partial charge is 0.408 e. The minimum Gasteiger partial charge on any atom is -0.408 e. The van der Waals surface area contributed by atoms with E-state index in [1.54, 1.807) is 18.2 Å². The van der Waals surface area contributed by atoms with Crippen molar-refractivity contribution >= 4 is 17.0 Å².